The lowest BCUT2D eigenvalue weighted by Crippen LogP contribution is -2.30. The molecule has 1 rings (SSSR count). The largest absolute Gasteiger partial charge is 0.394 e. The number of rotatable bonds is 4. The van der Waals surface area contributed by atoms with Crippen LogP contribution in [0.5, 0.6) is 0 Å². The van der Waals surface area contributed by atoms with Crippen molar-refractivity contribution in [3.05, 3.63) is 24.1 Å². The summed E-state index contributed by atoms with van der Waals surface area (Å²) in [7, 11) is 0. The minimum absolute atomic E-state index is 0.0340. The second kappa shape index (κ2) is 4.91. The van der Waals surface area contributed by atoms with Gasteiger partial charge in [0.05, 0.1) is 12.6 Å². The summed E-state index contributed by atoms with van der Waals surface area (Å²) in [5.74, 6) is 0.0215. The summed E-state index contributed by atoms with van der Waals surface area (Å²) in [5.41, 5.74) is 0. The third kappa shape index (κ3) is 2.67. The molecule has 3 nitrogen and oxygen atoms in total. The third-order valence-electron chi connectivity index (χ3n) is 2.08. The molecule has 0 saturated heterocycles. The number of nitrogens with zero attached hydrogens (tertiary/aromatic N) is 1. The van der Waals surface area contributed by atoms with Crippen molar-refractivity contribution in [2.24, 2.45) is 5.92 Å². The van der Waals surface area contributed by atoms with E-state index in [2.05, 4.69) is 10.3 Å². The van der Waals surface area contributed by atoms with E-state index in [1.165, 1.54) is 18.3 Å². The molecule has 0 aromatic carbocycles. The fourth-order valence-corrected chi connectivity index (χ4v) is 1.09. The van der Waals surface area contributed by atoms with Gasteiger partial charge < -0.3 is 10.4 Å². The molecule has 1 aromatic heterocycles. The zero-order valence-electron chi connectivity index (χ0n) is 8.37. The minimum atomic E-state index is -0.397. The number of aromatic nitrogens is 1. The molecule has 0 bridgehead atoms. The monoisotopic (exact) mass is 198 g/mol. The van der Waals surface area contributed by atoms with Crippen LogP contribution in [-0.4, -0.2) is 22.7 Å². The Morgan fingerprint density at radius 3 is 2.79 bits per heavy atom. The zero-order chi connectivity index (χ0) is 10.6. The molecule has 0 fully saturated rings. The van der Waals surface area contributed by atoms with E-state index in [0.29, 0.717) is 0 Å². The van der Waals surface area contributed by atoms with E-state index in [-0.39, 0.29) is 24.4 Å². The molecule has 4 heteroatoms. The van der Waals surface area contributed by atoms with E-state index < -0.39 is 5.82 Å². The number of halogens is 1. The van der Waals surface area contributed by atoms with Crippen LogP contribution in [0, 0.1) is 11.7 Å². The average Bonchev–Trinajstić information content (AvgIpc) is 2.16. The highest BCUT2D eigenvalue weighted by molar-refractivity contribution is 5.36. The molecule has 0 spiro atoms. The van der Waals surface area contributed by atoms with Crippen LogP contribution in [0.4, 0.5) is 10.2 Å². The molecule has 0 aliphatic heterocycles. The molecule has 2 N–H and O–H groups in total. The van der Waals surface area contributed by atoms with Gasteiger partial charge in [-0.3, -0.25) is 0 Å². The van der Waals surface area contributed by atoms with Gasteiger partial charge in [0.2, 0.25) is 0 Å². The lowest BCUT2D eigenvalue weighted by Gasteiger charge is -2.20. The SMILES string of the molecule is CC(C)C(CO)Nc1ncccc1F. The Bertz CT molecular complexity index is 291. The Labute approximate surface area is 83.0 Å². The summed E-state index contributed by atoms with van der Waals surface area (Å²) in [5, 5.41) is 11.9. The van der Waals surface area contributed by atoms with E-state index in [9.17, 15) is 4.39 Å². The molecule has 1 unspecified atom stereocenters. The quantitative estimate of drug-likeness (QED) is 0.773. The number of aliphatic hydroxyl groups is 1. The van der Waals surface area contributed by atoms with Crippen LogP contribution in [0.1, 0.15) is 13.8 Å². The van der Waals surface area contributed by atoms with Gasteiger partial charge in [0, 0.05) is 6.20 Å². The van der Waals surface area contributed by atoms with Crippen molar-refractivity contribution in [1.82, 2.24) is 4.98 Å². The van der Waals surface area contributed by atoms with Gasteiger partial charge >= 0.3 is 0 Å². The van der Waals surface area contributed by atoms with E-state index in [1.54, 1.807) is 0 Å². The number of nitrogens with one attached hydrogen (secondary N) is 1. The highest BCUT2D eigenvalue weighted by Crippen LogP contribution is 2.13. The number of aliphatic hydroxyl groups excluding tert-OH is 1. The topological polar surface area (TPSA) is 45.1 Å². The summed E-state index contributed by atoms with van der Waals surface area (Å²) in [6, 6.07) is 2.70. The maximum absolute atomic E-state index is 13.1. The Morgan fingerprint density at radius 1 is 1.57 bits per heavy atom. The highest BCUT2D eigenvalue weighted by atomic mass is 19.1. The summed E-state index contributed by atoms with van der Waals surface area (Å²) in [4.78, 5) is 3.85. The lowest BCUT2D eigenvalue weighted by molar-refractivity contribution is 0.248. The molecular formula is C10H15FN2O. The number of hydrogen-bond acceptors (Lipinski definition) is 3. The number of pyridine rings is 1. The molecule has 14 heavy (non-hydrogen) atoms. The van der Waals surface area contributed by atoms with Crippen molar-refractivity contribution in [2.75, 3.05) is 11.9 Å². The zero-order valence-corrected chi connectivity index (χ0v) is 8.37. The van der Waals surface area contributed by atoms with Crippen LogP contribution in [0.15, 0.2) is 18.3 Å². The molecule has 1 heterocycles. The molecule has 1 aromatic rings. The second-order valence-electron chi connectivity index (χ2n) is 3.51. The maximum Gasteiger partial charge on any atom is 0.165 e. The van der Waals surface area contributed by atoms with Crippen molar-refractivity contribution in [3.8, 4) is 0 Å². The summed E-state index contributed by atoms with van der Waals surface area (Å²) >= 11 is 0. The Morgan fingerprint density at radius 2 is 2.29 bits per heavy atom. The van der Waals surface area contributed by atoms with Gasteiger partial charge in [0.1, 0.15) is 0 Å². The molecule has 0 aliphatic rings. The normalized spacial score (nSPS) is 12.9. The van der Waals surface area contributed by atoms with Crippen LogP contribution in [0.2, 0.25) is 0 Å². The van der Waals surface area contributed by atoms with Gasteiger partial charge in [0.15, 0.2) is 11.6 Å². The fraction of sp³-hybridized carbons (Fsp3) is 0.500. The van der Waals surface area contributed by atoms with Gasteiger partial charge in [-0.25, -0.2) is 9.37 Å². The van der Waals surface area contributed by atoms with Crippen LogP contribution in [-0.2, 0) is 0 Å². The summed E-state index contributed by atoms with van der Waals surface area (Å²) in [6.45, 7) is 3.87. The van der Waals surface area contributed by atoms with Crippen molar-refractivity contribution >= 4 is 5.82 Å². The van der Waals surface area contributed by atoms with E-state index in [4.69, 9.17) is 5.11 Å². The lowest BCUT2D eigenvalue weighted by atomic mass is 10.1. The van der Waals surface area contributed by atoms with Gasteiger partial charge in [-0.2, -0.15) is 0 Å². The summed E-state index contributed by atoms with van der Waals surface area (Å²) < 4.78 is 13.1. The molecule has 0 amide bonds. The first kappa shape index (κ1) is 10.9. The fourth-order valence-electron chi connectivity index (χ4n) is 1.09. The van der Waals surface area contributed by atoms with E-state index in [0.717, 1.165) is 0 Å². The van der Waals surface area contributed by atoms with Crippen LogP contribution in [0.3, 0.4) is 0 Å². The molecular weight excluding hydrogens is 183 g/mol. The molecule has 0 aliphatic carbocycles. The first-order valence-electron chi connectivity index (χ1n) is 4.63. The molecule has 1 atom stereocenters. The average molecular weight is 198 g/mol. The second-order valence-corrected chi connectivity index (χ2v) is 3.51. The Hall–Kier alpha value is -1.16. The van der Waals surface area contributed by atoms with E-state index in [1.807, 2.05) is 13.8 Å². The van der Waals surface area contributed by atoms with E-state index >= 15 is 0 Å². The van der Waals surface area contributed by atoms with Crippen LogP contribution < -0.4 is 5.32 Å². The van der Waals surface area contributed by atoms with Gasteiger partial charge in [-0.15, -0.1) is 0 Å². The van der Waals surface area contributed by atoms with Crippen molar-refractivity contribution in [3.63, 3.8) is 0 Å². The minimum Gasteiger partial charge on any atom is -0.394 e. The first-order chi connectivity index (χ1) is 6.65. The third-order valence-corrected chi connectivity index (χ3v) is 2.08. The molecule has 0 saturated carbocycles. The standard InChI is InChI=1S/C10H15FN2O/c1-7(2)9(6-14)13-10-8(11)4-3-5-12-10/h3-5,7,9,14H,6H2,1-2H3,(H,12,13). The smallest absolute Gasteiger partial charge is 0.165 e. The van der Waals surface area contributed by atoms with Gasteiger partial charge in [0.25, 0.3) is 0 Å². The molecule has 0 radical (unpaired) electrons. The van der Waals surface area contributed by atoms with Gasteiger partial charge in [-0.05, 0) is 18.1 Å². The predicted molar refractivity (Wildman–Crippen MR) is 53.5 cm³/mol. The highest BCUT2D eigenvalue weighted by Gasteiger charge is 2.13. The number of hydrogen-bond donors (Lipinski definition) is 2. The van der Waals surface area contributed by atoms with Crippen LogP contribution >= 0.6 is 0 Å². The van der Waals surface area contributed by atoms with Crippen molar-refractivity contribution < 1.29 is 9.50 Å². The van der Waals surface area contributed by atoms with Gasteiger partial charge in [-0.1, -0.05) is 13.8 Å². The Kier molecular flexibility index (Phi) is 3.83. The summed E-state index contributed by atoms with van der Waals surface area (Å²) in [6.07, 6.45) is 1.51. The maximum atomic E-state index is 13.1. The number of anilines is 1. The Balaban J connectivity index is 2.72. The van der Waals surface area contributed by atoms with Crippen molar-refractivity contribution in [1.29, 1.82) is 0 Å². The van der Waals surface area contributed by atoms with Crippen molar-refractivity contribution in [2.45, 2.75) is 19.9 Å². The van der Waals surface area contributed by atoms with Crippen LogP contribution in [0.25, 0.3) is 0 Å². The first-order valence-corrected chi connectivity index (χ1v) is 4.63. The molecule has 78 valence electrons. The predicted octanol–water partition coefficient (Wildman–Crippen LogP) is 1.65.